The zero-order chi connectivity index (χ0) is 13.2. The van der Waals surface area contributed by atoms with Crippen LogP contribution in [0, 0.1) is 5.92 Å². The summed E-state index contributed by atoms with van der Waals surface area (Å²) < 4.78 is 1.99. The Morgan fingerprint density at radius 2 is 2.00 bits per heavy atom. The second kappa shape index (κ2) is 5.59. The summed E-state index contributed by atoms with van der Waals surface area (Å²) in [7, 11) is 0. The molecule has 19 heavy (non-hydrogen) atoms. The Bertz CT molecular complexity index is 423. The number of aliphatic hydroxyl groups is 1. The number of rotatable bonds is 3. The quantitative estimate of drug-likeness (QED) is 0.880. The van der Waals surface area contributed by atoms with Crippen molar-refractivity contribution in [1.29, 1.82) is 0 Å². The molecule has 2 aliphatic rings. The molecule has 1 aromatic rings. The number of hydrogen-bond acceptors (Lipinski definition) is 4. The first-order chi connectivity index (χ1) is 9.24. The molecule has 106 valence electrons. The van der Waals surface area contributed by atoms with Gasteiger partial charge in [0.25, 0.3) is 0 Å². The van der Waals surface area contributed by atoms with Crippen LogP contribution in [0.25, 0.3) is 0 Å². The van der Waals surface area contributed by atoms with Crippen molar-refractivity contribution < 1.29 is 5.11 Å². The Hall–Kier alpha value is -0.940. The minimum Gasteiger partial charge on any atom is -0.393 e. The Labute approximate surface area is 114 Å². The predicted octanol–water partition coefficient (Wildman–Crippen LogP) is 0.860. The molecule has 2 aliphatic heterocycles. The molecule has 0 aromatic carbocycles. The van der Waals surface area contributed by atoms with Crippen LogP contribution in [0.2, 0.25) is 0 Å². The minimum absolute atomic E-state index is 0.225. The summed E-state index contributed by atoms with van der Waals surface area (Å²) in [6, 6.07) is 0. The summed E-state index contributed by atoms with van der Waals surface area (Å²) in [5, 5.41) is 14.3. The van der Waals surface area contributed by atoms with Crippen molar-refractivity contribution in [3.8, 4) is 0 Å². The van der Waals surface area contributed by atoms with Crippen LogP contribution >= 0.6 is 0 Å². The van der Waals surface area contributed by atoms with Crippen LogP contribution in [0.5, 0.6) is 0 Å². The third kappa shape index (κ3) is 2.98. The number of aromatic nitrogens is 3. The number of aliphatic hydroxyl groups excluding tert-OH is 1. The van der Waals surface area contributed by atoms with Crippen molar-refractivity contribution in [2.24, 2.45) is 5.92 Å². The minimum atomic E-state index is -0.225. The third-order valence-electron chi connectivity index (χ3n) is 4.51. The van der Waals surface area contributed by atoms with Gasteiger partial charge >= 0.3 is 0 Å². The molecular weight excluding hydrogens is 240 g/mol. The standard InChI is InChI=1S/C14H24N4O/c1-2-17-6-3-11(4-7-17)9-13-15-14-10-12(19)5-8-18(14)16-13/h11-12,19H,2-10H2,1H3. The lowest BCUT2D eigenvalue weighted by molar-refractivity contribution is 0.138. The summed E-state index contributed by atoms with van der Waals surface area (Å²) in [5.74, 6) is 2.69. The van der Waals surface area contributed by atoms with Gasteiger partial charge in [0, 0.05) is 19.4 Å². The Morgan fingerprint density at radius 3 is 2.74 bits per heavy atom. The zero-order valence-electron chi connectivity index (χ0n) is 11.8. The fraction of sp³-hybridized carbons (Fsp3) is 0.857. The second-order valence-electron chi connectivity index (χ2n) is 5.90. The van der Waals surface area contributed by atoms with Crippen molar-refractivity contribution in [2.45, 2.75) is 51.7 Å². The first-order valence-electron chi connectivity index (χ1n) is 7.57. The number of nitrogens with zero attached hydrogens (tertiary/aromatic N) is 4. The first-order valence-corrected chi connectivity index (χ1v) is 7.57. The van der Waals surface area contributed by atoms with Crippen LogP contribution < -0.4 is 0 Å². The van der Waals surface area contributed by atoms with E-state index in [1.807, 2.05) is 4.68 Å². The third-order valence-corrected chi connectivity index (χ3v) is 4.51. The Balaban J connectivity index is 1.59. The van der Waals surface area contributed by atoms with Crippen LogP contribution in [-0.2, 0) is 19.4 Å². The Kier molecular flexibility index (Phi) is 3.84. The number of hydrogen-bond donors (Lipinski definition) is 1. The van der Waals surface area contributed by atoms with E-state index < -0.39 is 0 Å². The van der Waals surface area contributed by atoms with Crippen molar-refractivity contribution in [1.82, 2.24) is 19.7 Å². The van der Waals surface area contributed by atoms with Gasteiger partial charge in [-0.1, -0.05) is 6.92 Å². The maximum Gasteiger partial charge on any atom is 0.151 e. The maximum absolute atomic E-state index is 9.66. The number of fused-ring (bicyclic) bond motifs is 1. The van der Waals surface area contributed by atoms with Gasteiger partial charge in [-0.05, 0) is 44.8 Å². The summed E-state index contributed by atoms with van der Waals surface area (Å²) in [6.07, 6.45) is 4.79. The highest BCUT2D eigenvalue weighted by atomic mass is 16.3. The number of likely N-dealkylation sites (tertiary alicyclic amines) is 1. The smallest absolute Gasteiger partial charge is 0.151 e. The summed E-state index contributed by atoms with van der Waals surface area (Å²) in [4.78, 5) is 7.13. The molecule has 3 rings (SSSR count). The van der Waals surface area contributed by atoms with Gasteiger partial charge in [-0.3, -0.25) is 0 Å². The van der Waals surface area contributed by atoms with Crippen LogP contribution in [0.15, 0.2) is 0 Å². The molecule has 0 saturated carbocycles. The highest BCUT2D eigenvalue weighted by Crippen LogP contribution is 2.21. The molecule has 3 heterocycles. The van der Waals surface area contributed by atoms with Crippen molar-refractivity contribution in [2.75, 3.05) is 19.6 Å². The van der Waals surface area contributed by atoms with Gasteiger partial charge in [0.1, 0.15) is 5.82 Å². The van der Waals surface area contributed by atoms with Crippen molar-refractivity contribution in [3.63, 3.8) is 0 Å². The Morgan fingerprint density at radius 1 is 1.21 bits per heavy atom. The zero-order valence-corrected chi connectivity index (χ0v) is 11.8. The number of piperidine rings is 1. The maximum atomic E-state index is 9.66. The van der Waals surface area contributed by atoms with E-state index >= 15 is 0 Å². The van der Waals surface area contributed by atoms with E-state index in [9.17, 15) is 5.11 Å². The fourth-order valence-corrected chi connectivity index (χ4v) is 3.19. The monoisotopic (exact) mass is 264 g/mol. The average molecular weight is 264 g/mol. The van der Waals surface area contributed by atoms with E-state index in [-0.39, 0.29) is 6.10 Å². The molecule has 0 spiro atoms. The predicted molar refractivity (Wildman–Crippen MR) is 72.9 cm³/mol. The SMILES string of the molecule is CCN1CCC(Cc2nc3n(n2)CCC(O)C3)CC1. The summed E-state index contributed by atoms with van der Waals surface area (Å²) in [6.45, 7) is 6.65. The van der Waals surface area contributed by atoms with E-state index in [1.165, 1.54) is 32.5 Å². The lowest BCUT2D eigenvalue weighted by Crippen LogP contribution is -2.34. The van der Waals surface area contributed by atoms with Crippen LogP contribution in [0.3, 0.4) is 0 Å². The van der Waals surface area contributed by atoms with E-state index in [0.717, 1.165) is 37.0 Å². The van der Waals surface area contributed by atoms with Gasteiger partial charge < -0.3 is 10.0 Å². The van der Waals surface area contributed by atoms with Gasteiger partial charge in [-0.25, -0.2) is 9.67 Å². The molecular formula is C14H24N4O. The fourth-order valence-electron chi connectivity index (χ4n) is 3.19. The largest absolute Gasteiger partial charge is 0.393 e. The molecule has 0 radical (unpaired) electrons. The van der Waals surface area contributed by atoms with E-state index in [4.69, 9.17) is 0 Å². The van der Waals surface area contributed by atoms with E-state index in [2.05, 4.69) is 21.9 Å². The molecule has 0 amide bonds. The molecule has 0 aliphatic carbocycles. The lowest BCUT2D eigenvalue weighted by atomic mass is 9.93. The topological polar surface area (TPSA) is 54.2 Å². The lowest BCUT2D eigenvalue weighted by Gasteiger charge is -2.30. The molecule has 1 aromatic heterocycles. The molecule has 1 unspecified atom stereocenters. The van der Waals surface area contributed by atoms with E-state index in [0.29, 0.717) is 6.42 Å². The molecule has 5 heteroatoms. The van der Waals surface area contributed by atoms with Crippen molar-refractivity contribution in [3.05, 3.63) is 11.6 Å². The first kappa shape index (κ1) is 13.1. The molecule has 0 bridgehead atoms. The molecule has 1 fully saturated rings. The van der Waals surface area contributed by atoms with Gasteiger partial charge in [-0.15, -0.1) is 0 Å². The highest BCUT2D eigenvalue weighted by molar-refractivity contribution is 4.99. The highest BCUT2D eigenvalue weighted by Gasteiger charge is 2.23. The van der Waals surface area contributed by atoms with Gasteiger partial charge in [-0.2, -0.15) is 5.10 Å². The normalized spacial score (nSPS) is 25.5. The van der Waals surface area contributed by atoms with Gasteiger partial charge in [0.2, 0.25) is 0 Å². The molecule has 1 atom stereocenters. The van der Waals surface area contributed by atoms with Crippen LogP contribution in [-0.4, -0.2) is 50.5 Å². The van der Waals surface area contributed by atoms with Gasteiger partial charge in [0.05, 0.1) is 6.10 Å². The van der Waals surface area contributed by atoms with Crippen LogP contribution in [0.1, 0.15) is 37.8 Å². The summed E-state index contributed by atoms with van der Waals surface area (Å²) >= 11 is 0. The van der Waals surface area contributed by atoms with Gasteiger partial charge in [0.15, 0.2) is 5.82 Å². The average Bonchev–Trinajstić information content (AvgIpc) is 2.81. The number of aryl methyl sites for hydroxylation is 1. The second-order valence-corrected chi connectivity index (χ2v) is 5.90. The molecule has 1 N–H and O–H groups in total. The molecule has 1 saturated heterocycles. The summed E-state index contributed by atoms with van der Waals surface area (Å²) in [5.41, 5.74) is 0. The van der Waals surface area contributed by atoms with Crippen LogP contribution in [0.4, 0.5) is 0 Å². The van der Waals surface area contributed by atoms with Crippen molar-refractivity contribution >= 4 is 0 Å². The van der Waals surface area contributed by atoms with E-state index in [1.54, 1.807) is 0 Å². The molecule has 5 nitrogen and oxygen atoms in total.